The Hall–Kier alpha value is -3.29. The van der Waals surface area contributed by atoms with Crippen molar-refractivity contribution in [2.45, 2.75) is 51.3 Å². The number of amides is 3. The fraction of sp³-hybridized carbons (Fsp3) is 0.348. The molecule has 2 aliphatic rings. The largest absolute Gasteiger partial charge is 0.434 e. The molecule has 1 N–H and O–H groups in total. The number of nitrogens with zero attached hydrogens (tertiary/aromatic N) is 1. The number of carbonyl (C=O) groups is 3. The lowest BCUT2D eigenvalue weighted by atomic mass is 9.94. The number of imide groups is 1. The van der Waals surface area contributed by atoms with Crippen LogP contribution in [0.15, 0.2) is 42.5 Å². The highest BCUT2D eigenvalue weighted by Crippen LogP contribution is 2.31. The van der Waals surface area contributed by atoms with E-state index >= 15 is 0 Å². The molecule has 1 aliphatic carbocycles. The average Bonchev–Trinajstić information content (AvgIpc) is 3.02. The molecule has 1 fully saturated rings. The van der Waals surface area contributed by atoms with E-state index in [0.29, 0.717) is 11.1 Å². The van der Waals surface area contributed by atoms with Crippen molar-refractivity contribution >= 4 is 17.7 Å². The number of benzene rings is 2. The highest BCUT2D eigenvalue weighted by molar-refractivity contribution is 6.22. The number of ether oxygens (including phenoxy) is 1. The molecule has 1 aliphatic heterocycles. The van der Waals surface area contributed by atoms with Crippen LogP contribution < -0.4 is 10.1 Å². The van der Waals surface area contributed by atoms with E-state index in [1.165, 1.54) is 29.2 Å². The standard InChI is InChI=1S/C23H22F2N2O4/c24-23(25)31-19-9-5-4-6-15(19)13-26-20(28)14-10-11-17-18(12-14)22(30)27(21(17)29)16-7-2-1-3-8-16/h4-6,9-12,16,23H,1-3,7-8,13H2,(H,26,28). The van der Waals surface area contributed by atoms with E-state index in [1.807, 2.05) is 0 Å². The predicted octanol–water partition coefficient (Wildman–Crippen LogP) is 4.15. The van der Waals surface area contributed by atoms with Gasteiger partial charge < -0.3 is 10.1 Å². The molecule has 0 unspecified atom stereocenters. The molecule has 2 aromatic carbocycles. The van der Waals surface area contributed by atoms with Gasteiger partial charge in [-0.05, 0) is 37.1 Å². The molecular weight excluding hydrogens is 406 g/mol. The van der Waals surface area contributed by atoms with Crippen molar-refractivity contribution in [2.24, 2.45) is 0 Å². The summed E-state index contributed by atoms with van der Waals surface area (Å²) >= 11 is 0. The van der Waals surface area contributed by atoms with Crippen molar-refractivity contribution < 1.29 is 27.9 Å². The van der Waals surface area contributed by atoms with Crippen LogP contribution in [0.4, 0.5) is 8.78 Å². The minimum Gasteiger partial charge on any atom is -0.434 e. The molecule has 0 bridgehead atoms. The number of fused-ring (bicyclic) bond motifs is 1. The zero-order valence-corrected chi connectivity index (χ0v) is 16.8. The van der Waals surface area contributed by atoms with Crippen LogP contribution >= 0.6 is 0 Å². The summed E-state index contributed by atoms with van der Waals surface area (Å²) in [5, 5.41) is 2.65. The molecule has 4 rings (SSSR count). The van der Waals surface area contributed by atoms with Crippen LogP contribution in [-0.4, -0.2) is 35.3 Å². The van der Waals surface area contributed by atoms with Gasteiger partial charge in [0.25, 0.3) is 17.7 Å². The van der Waals surface area contributed by atoms with Crippen LogP contribution in [0.3, 0.4) is 0 Å². The molecule has 0 spiro atoms. The molecule has 0 aromatic heterocycles. The van der Waals surface area contributed by atoms with Gasteiger partial charge in [-0.2, -0.15) is 8.78 Å². The highest BCUT2D eigenvalue weighted by atomic mass is 19.3. The minimum atomic E-state index is -2.97. The molecule has 8 heteroatoms. The van der Waals surface area contributed by atoms with Crippen LogP contribution in [0.25, 0.3) is 0 Å². The fourth-order valence-corrected chi connectivity index (χ4v) is 4.21. The van der Waals surface area contributed by atoms with Gasteiger partial charge in [0, 0.05) is 23.7 Å². The quantitative estimate of drug-likeness (QED) is 0.702. The first kappa shape index (κ1) is 21.0. The second-order valence-electron chi connectivity index (χ2n) is 7.70. The van der Waals surface area contributed by atoms with Crippen LogP contribution in [0.2, 0.25) is 0 Å². The van der Waals surface area contributed by atoms with Crippen LogP contribution in [-0.2, 0) is 6.54 Å². The first-order valence-corrected chi connectivity index (χ1v) is 10.3. The van der Waals surface area contributed by atoms with E-state index < -0.39 is 12.5 Å². The van der Waals surface area contributed by atoms with Crippen molar-refractivity contribution in [3.05, 3.63) is 64.7 Å². The lowest BCUT2D eigenvalue weighted by Crippen LogP contribution is -2.40. The number of hydrogen-bond acceptors (Lipinski definition) is 4. The molecule has 2 aromatic rings. The summed E-state index contributed by atoms with van der Waals surface area (Å²) in [6.45, 7) is -3.00. The van der Waals surface area contributed by atoms with Gasteiger partial charge in [0.2, 0.25) is 0 Å². The van der Waals surface area contributed by atoms with Crippen molar-refractivity contribution in [2.75, 3.05) is 0 Å². The third-order valence-corrected chi connectivity index (χ3v) is 5.75. The van der Waals surface area contributed by atoms with Gasteiger partial charge in [0.15, 0.2) is 0 Å². The van der Waals surface area contributed by atoms with Crippen molar-refractivity contribution in [3.8, 4) is 5.75 Å². The first-order chi connectivity index (χ1) is 15.0. The molecule has 0 saturated heterocycles. The first-order valence-electron chi connectivity index (χ1n) is 10.3. The Morgan fingerprint density at radius 3 is 2.48 bits per heavy atom. The van der Waals surface area contributed by atoms with Gasteiger partial charge >= 0.3 is 6.61 Å². The smallest absolute Gasteiger partial charge is 0.387 e. The molecule has 162 valence electrons. The number of alkyl halides is 2. The lowest BCUT2D eigenvalue weighted by Gasteiger charge is -2.29. The molecule has 1 heterocycles. The second kappa shape index (κ2) is 8.83. The summed E-state index contributed by atoms with van der Waals surface area (Å²) < 4.78 is 29.6. The fourth-order valence-electron chi connectivity index (χ4n) is 4.21. The number of hydrogen-bond donors (Lipinski definition) is 1. The highest BCUT2D eigenvalue weighted by Gasteiger charge is 2.40. The number of nitrogens with one attached hydrogen (secondary N) is 1. The van der Waals surface area contributed by atoms with Crippen molar-refractivity contribution in [3.63, 3.8) is 0 Å². The normalized spacial score (nSPS) is 16.5. The van der Waals surface area contributed by atoms with Crippen molar-refractivity contribution in [1.29, 1.82) is 0 Å². The second-order valence-corrected chi connectivity index (χ2v) is 7.70. The van der Waals surface area contributed by atoms with Crippen LogP contribution in [0.5, 0.6) is 5.75 Å². The topological polar surface area (TPSA) is 75.7 Å². The molecule has 3 amide bonds. The molecule has 0 atom stereocenters. The summed E-state index contributed by atoms with van der Waals surface area (Å²) in [5.41, 5.74) is 1.15. The number of carbonyl (C=O) groups excluding carboxylic acids is 3. The van der Waals surface area contributed by atoms with Gasteiger partial charge in [-0.1, -0.05) is 37.5 Å². The Labute approximate surface area is 178 Å². The van der Waals surface area contributed by atoms with E-state index in [1.54, 1.807) is 18.2 Å². The Bertz CT molecular complexity index is 1020. The third kappa shape index (κ3) is 4.28. The predicted molar refractivity (Wildman–Crippen MR) is 108 cm³/mol. The number of para-hydroxylation sites is 1. The number of halogens is 2. The SMILES string of the molecule is O=C(NCc1ccccc1OC(F)F)c1ccc2c(c1)C(=O)N(C1CCCCC1)C2=O. The monoisotopic (exact) mass is 428 g/mol. The van der Waals surface area contributed by atoms with Crippen molar-refractivity contribution in [1.82, 2.24) is 10.2 Å². The third-order valence-electron chi connectivity index (χ3n) is 5.75. The summed E-state index contributed by atoms with van der Waals surface area (Å²) in [4.78, 5) is 39.6. The van der Waals surface area contributed by atoms with E-state index in [-0.39, 0.29) is 41.3 Å². The maximum Gasteiger partial charge on any atom is 0.387 e. The average molecular weight is 428 g/mol. The van der Waals surface area contributed by atoms with Gasteiger partial charge in [-0.25, -0.2) is 0 Å². The molecule has 0 radical (unpaired) electrons. The lowest BCUT2D eigenvalue weighted by molar-refractivity contribution is -0.0504. The summed E-state index contributed by atoms with van der Waals surface area (Å²) in [5.74, 6) is -1.17. The van der Waals surface area contributed by atoms with Crippen LogP contribution in [0, 0.1) is 0 Å². The Balaban J connectivity index is 1.48. The number of rotatable bonds is 6. The Morgan fingerprint density at radius 1 is 1.03 bits per heavy atom. The summed E-state index contributed by atoms with van der Waals surface area (Å²) in [7, 11) is 0. The zero-order valence-electron chi connectivity index (χ0n) is 16.8. The van der Waals surface area contributed by atoms with E-state index in [9.17, 15) is 23.2 Å². The van der Waals surface area contributed by atoms with Gasteiger partial charge in [-0.15, -0.1) is 0 Å². The Morgan fingerprint density at radius 2 is 1.74 bits per heavy atom. The molecule has 6 nitrogen and oxygen atoms in total. The molecule has 1 saturated carbocycles. The van der Waals surface area contributed by atoms with E-state index in [0.717, 1.165) is 32.1 Å². The summed E-state index contributed by atoms with van der Waals surface area (Å²) in [6.07, 6.45) is 4.69. The zero-order chi connectivity index (χ0) is 22.0. The van der Waals surface area contributed by atoms with E-state index in [4.69, 9.17) is 0 Å². The minimum absolute atomic E-state index is 0.0179. The van der Waals surface area contributed by atoms with Crippen LogP contribution in [0.1, 0.15) is 68.7 Å². The van der Waals surface area contributed by atoms with Gasteiger partial charge in [0.1, 0.15) is 5.75 Å². The maximum absolute atomic E-state index is 12.9. The molecular formula is C23H22F2N2O4. The van der Waals surface area contributed by atoms with Gasteiger partial charge in [-0.3, -0.25) is 19.3 Å². The Kier molecular flexibility index (Phi) is 5.97. The van der Waals surface area contributed by atoms with E-state index in [2.05, 4.69) is 10.1 Å². The summed E-state index contributed by atoms with van der Waals surface area (Å²) in [6, 6.07) is 10.5. The molecule has 31 heavy (non-hydrogen) atoms. The van der Waals surface area contributed by atoms with Gasteiger partial charge in [0.05, 0.1) is 11.1 Å². The maximum atomic E-state index is 12.9.